The number of imidazole rings is 1. The number of fused-ring (bicyclic) bond motifs is 1. The lowest BCUT2D eigenvalue weighted by molar-refractivity contribution is -0.121. The highest BCUT2D eigenvalue weighted by atomic mass is 16.1. The largest absolute Gasteiger partial charge is 0.352 e. The summed E-state index contributed by atoms with van der Waals surface area (Å²) in [5.41, 5.74) is 4.01. The number of nitrogens with one attached hydrogen (secondary N) is 1. The fraction of sp³-hybridized carbons (Fsp3) is 0.444. The lowest BCUT2D eigenvalue weighted by atomic mass is 9.90. The van der Waals surface area contributed by atoms with Gasteiger partial charge in [-0.15, -0.1) is 0 Å². The van der Waals surface area contributed by atoms with E-state index >= 15 is 0 Å². The minimum absolute atomic E-state index is 0.0865. The molecule has 1 N–H and O–H groups in total. The average Bonchev–Trinajstić information content (AvgIpc) is 2.99. The maximum atomic E-state index is 12.2. The molecule has 1 aliphatic carbocycles. The van der Waals surface area contributed by atoms with Gasteiger partial charge in [-0.25, -0.2) is 4.98 Å². The highest BCUT2D eigenvalue weighted by molar-refractivity contribution is 5.78. The van der Waals surface area contributed by atoms with Crippen LogP contribution in [0.4, 0.5) is 0 Å². The summed E-state index contributed by atoms with van der Waals surface area (Å²) >= 11 is 0. The molecule has 116 valence electrons. The molecule has 1 aliphatic rings. The Morgan fingerprint density at radius 3 is 2.91 bits per heavy atom. The van der Waals surface area contributed by atoms with Gasteiger partial charge in [0.05, 0.1) is 12.7 Å². The van der Waals surface area contributed by atoms with Gasteiger partial charge >= 0.3 is 0 Å². The van der Waals surface area contributed by atoms with Gasteiger partial charge in [0.15, 0.2) is 0 Å². The number of aromatic nitrogens is 2. The van der Waals surface area contributed by atoms with Crippen molar-refractivity contribution in [2.24, 2.45) is 0 Å². The van der Waals surface area contributed by atoms with Crippen molar-refractivity contribution < 1.29 is 4.79 Å². The van der Waals surface area contributed by atoms with Crippen LogP contribution in [-0.4, -0.2) is 21.5 Å². The molecule has 3 rings (SSSR count). The molecule has 1 aromatic carbocycles. The number of amides is 1. The van der Waals surface area contributed by atoms with Gasteiger partial charge < -0.3 is 9.88 Å². The summed E-state index contributed by atoms with van der Waals surface area (Å²) in [5.74, 6) is 0.0865. The van der Waals surface area contributed by atoms with Gasteiger partial charge in [-0.1, -0.05) is 18.2 Å². The molecular formula is C18H23N3O. The lowest BCUT2D eigenvalue weighted by Crippen LogP contribution is -2.36. The fourth-order valence-electron chi connectivity index (χ4n) is 3.16. The van der Waals surface area contributed by atoms with Gasteiger partial charge in [-0.05, 0) is 49.3 Å². The van der Waals surface area contributed by atoms with Crippen LogP contribution in [0, 0.1) is 0 Å². The summed E-state index contributed by atoms with van der Waals surface area (Å²) in [7, 11) is 0. The van der Waals surface area contributed by atoms with Crippen LogP contribution in [0.2, 0.25) is 0 Å². The molecule has 0 radical (unpaired) electrons. The zero-order valence-electron chi connectivity index (χ0n) is 13.1. The van der Waals surface area contributed by atoms with Gasteiger partial charge in [0.1, 0.15) is 0 Å². The number of nitrogens with zero attached hydrogens (tertiary/aromatic N) is 2. The number of benzene rings is 1. The Morgan fingerprint density at radius 1 is 1.32 bits per heavy atom. The summed E-state index contributed by atoms with van der Waals surface area (Å²) in [6, 6.07) is 6.62. The first-order valence-electron chi connectivity index (χ1n) is 8.06. The van der Waals surface area contributed by atoms with E-state index in [1.165, 1.54) is 30.4 Å². The third kappa shape index (κ3) is 3.75. The molecule has 2 aromatic rings. The normalized spacial score (nSPS) is 15.1. The van der Waals surface area contributed by atoms with E-state index in [1.807, 2.05) is 17.7 Å². The number of carbonyl (C=O) groups is 1. The van der Waals surface area contributed by atoms with E-state index in [2.05, 4.69) is 28.5 Å². The quantitative estimate of drug-likeness (QED) is 0.922. The first-order valence-corrected chi connectivity index (χ1v) is 8.06. The monoisotopic (exact) mass is 297 g/mol. The second-order valence-corrected chi connectivity index (χ2v) is 6.21. The Morgan fingerprint density at radius 2 is 2.14 bits per heavy atom. The van der Waals surface area contributed by atoms with Crippen LogP contribution in [0.3, 0.4) is 0 Å². The summed E-state index contributed by atoms with van der Waals surface area (Å²) < 4.78 is 1.98. The second-order valence-electron chi connectivity index (χ2n) is 6.21. The van der Waals surface area contributed by atoms with E-state index < -0.39 is 0 Å². The Hall–Kier alpha value is -2.10. The van der Waals surface area contributed by atoms with E-state index in [4.69, 9.17) is 0 Å². The predicted molar refractivity (Wildman–Crippen MR) is 86.6 cm³/mol. The third-order valence-electron chi connectivity index (χ3n) is 4.23. The topological polar surface area (TPSA) is 46.9 Å². The molecule has 1 aromatic heterocycles. The number of hydrogen-bond donors (Lipinski definition) is 1. The molecule has 4 nitrogen and oxygen atoms in total. The fourth-order valence-corrected chi connectivity index (χ4v) is 3.16. The number of hydrogen-bond acceptors (Lipinski definition) is 2. The number of rotatable bonds is 5. The van der Waals surface area contributed by atoms with Crippen LogP contribution >= 0.6 is 0 Å². The smallest absolute Gasteiger partial charge is 0.224 e. The standard InChI is InChI=1S/C18H23N3O/c1-14(12-21-9-8-19-13-21)20-18(22)11-15-6-7-16-4-2-3-5-17(16)10-15/h6-10,13-14H,2-5,11-12H2,1H3,(H,20,22). The zero-order chi connectivity index (χ0) is 15.4. The number of carbonyl (C=O) groups excluding carboxylic acids is 1. The van der Waals surface area contributed by atoms with Crippen LogP contribution in [0.25, 0.3) is 0 Å². The molecule has 0 fully saturated rings. The Bertz CT molecular complexity index is 634. The molecular weight excluding hydrogens is 274 g/mol. The second kappa shape index (κ2) is 6.77. The molecule has 22 heavy (non-hydrogen) atoms. The molecule has 1 atom stereocenters. The first kappa shape index (κ1) is 14.8. The van der Waals surface area contributed by atoms with E-state index in [-0.39, 0.29) is 11.9 Å². The molecule has 0 spiro atoms. The molecule has 1 amide bonds. The summed E-state index contributed by atoms with van der Waals surface area (Å²) in [6.45, 7) is 2.76. The van der Waals surface area contributed by atoms with Crippen molar-refractivity contribution in [1.29, 1.82) is 0 Å². The van der Waals surface area contributed by atoms with Crippen molar-refractivity contribution in [1.82, 2.24) is 14.9 Å². The molecule has 1 unspecified atom stereocenters. The van der Waals surface area contributed by atoms with E-state index in [0.29, 0.717) is 6.42 Å². The van der Waals surface area contributed by atoms with Crippen molar-refractivity contribution in [3.63, 3.8) is 0 Å². The highest BCUT2D eigenvalue weighted by Crippen LogP contribution is 2.22. The molecule has 0 saturated heterocycles. The maximum absolute atomic E-state index is 12.2. The van der Waals surface area contributed by atoms with Gasteiger partial charge in [-0.3, -0.25) is 4.79 Å². The third-order valence-corrected chi connectivity index (χ3v) is 4.23. The van der Waals surface area contributed by atoms with Crippen molar-refractivity contribution in [3.8, 4) is 0 Å². The van der Waals surface area contributed by atoms with Crippen molar-refractivity contribution in [2.45, 2.75) is 51.6 Å². The van der Waals surface area contributed by atoms with Crippen LogP contribution in [0.5, 0.6) is 0 Å². The molecule has 0 saturated carbocycles. The SMILES string of the molecule is CC(Cn1ccnc1)NC(=O)Cc1ccc2c(c1)CCCC2. The zero-order valence-corrected chi connectivity index (χ0v) is 13.1. The lowest BCUT2D eigenvalue weighted by Gasteiger charge is -2.17. The summed E-state index contributed by atoms with van der Waals surface area (Å²) in [6.07, 6.45) is 10.8. The molecule has 0 bridgehead atoms. The summed E-state index contributed by atoms with van der Waals surface area (Å²) in [5, 5.41) is 3.06. The Kier molecular flexibility index (Phi) is 4.56. The van der Waals surface area contributed by atoms with Gasteiger partial charge in [0.2, 0.25) is 5.91 Å². The van der Waals surface area contributed by atoms with Crippen LogP contribution in [-0.2, 0) is 30.6 Å². The van der Waals surface area contributed by atoms with E-state index in [0.717, 1.165) is 18.5 Å². The Balaban J connectivity index is 1.55. The molecule has 4 heteroatoms. The maximum Gasteiger partial charge on any atom is 0.224 e. The minimum atomic E-state index is 0.0865. The van der Waals surface area contributed by atoms with E-state index in [1.54, 1.807) is 12.5 Å². The van der Waals surface area contributed by atoms with Gasteiger partial charge in [0, 0.05) is 25.0 Å². The average molecular weight is 297 g/mol. The highest BCUT2D eigenvalue weighted by Gasteiger charge is 2.12. The minimum Gasteiger partial charge on any atom is -0.352 e. The molecule has 1 heterocycles. The number of aryl methyl sites for hydroxylation is 2. The van der Waals surface area contributed by atoms with Gasteiger partial charge in [0.25, 0.3) is 0 Å². The Labute approximate surface area is 131 Å². The first-order chi connectivity index (χ1) is 10.7. The van der Waals surface area contributed by atoms with Crippen LogP contribution in [0.15, 0.2) is 36.9 Å². The van der Waals surface area contributed by atoms with Crippen molar-refractivity contribution in [3.05, 3.63) is 53.6 Å². The van der Waals surface area contributed by atoms with Gasteiger partial charge in [-0.2, -0.15) is 0 Å². The van der Waals surface area contributed by atoms with Crippen molar-refractivity contribution in [2.75, 3.05) is 0 Å². The molecule has 0 aliphatic heterocycles. The summed E-state index contributed by atoms with van der Waals surface area (Å²) in [4.78, 5) is 16.2. The predicted octanol–water partition coefficient (Wildman–Crippen LogP) is 2.51. The van der Waals surface area contributed by atoms with Crippen LogP contribution < -0.4 is 5.32 Å². The van der Waals surface area contributed by atoms with E-state index in [9.17, 15) is 4.79 Å². The van der Waals surface area contributed by atoms with Crippen molar-refractivity contribution >= 4 is 5.91 Å². The van der Waals surface area contributed by atoms with Crippen LogP contribution in [0.1, 0.15) is 36.5 Å².